The first-order valence-electron chi connectivity index (χ1n) is 11.8. The Morgan fingerprint density at radius 2 is 1.58 bits per heavy atom. The number of aromatic nitrogens is 5. The van der Waals surface area contributed by atoms with Crippen molar-refractivity contribution in [3.63, 3.8) is 0 Å². The van der Waals surface area contributed by atoms with Crippen LogP contribution >= 0.6 is 0 Å². The summed E-state index contributed by atoms with van der Waals surface area (Å²) in [5, 5.41) is 12.9. The van der Waals surface area contributed by atoms with Crippen molar-refractivity contribution in [2.24, 2.45) is 5.92 Å². The van der Waals surface area contributed by atoms with E-state index in [1.807, 2.05) is 29.2 Å². The third-order valence-corrected chi connectivity index (χ3v) is 6.64. The fourth-order valence-electron chi connectivity index (χ4n) is 4.87. The van der Waals surface area contributed by atoms with E-state index in [2.05, 4.69) is 86.1 Å². The van der Waals surface area contributed by atoms with Gasteiger partial charge in [-0.2, -0.15) is 0 Å². The number of aryl methyl sites for hydroxylation is 2. The van der Waals surface area contributed by atoms with E-state index in [0.29, 0.717) is 5.92 Å². The molecule has 0 aliphatic carbocycles. The van der Waals surface area contributed by atoms with E-state index < -0.39 is 0 Å². The molecule has 1 atom stereocenters. The highest BCUT2D eigenvalue weighted by Crippen LogP contribution is 2.32. The van der Waals surface area contributed by atoms with Crippen molar-refractivity contribution in [3.8, 4) is 0 Å². The largest absolute Gasteiger partial charge is 0.290 e. The van der Waals surface area contributed by atoms with Gasteiger partial charge in [-0.25, -0.2) is 4.68 Å². The summed E-state index contributed by atoms with van der Waals surface area (Å²) < 4.78 is 1.97. The molecule has 0 spiro atoms. The molecule has 0 saturated carbocycles. The lowest BCUT2D eigenvalue weighted by atomic mass is 9.89. The van der Waals surface area contributed by atoms with Gasteiger partial charge in [0.1, 0.15) is 0 Å². The Morgan fingerprint density at radius 1 is 0.848 bits per heavy atom. The van der Waals surface area contributed by atoms with Crippen molar-refractivity contribution in [1.29, 1.82) is 0 Å². The topological polar surface area (TPSA) is 59.7 Å². The van der Waals surface area contributed by atoms with Gasteiger partial charge in [0.15, 0.2) is 5.82 Å². The van der Waals surface area contributed by atoms with Crippen LogP contribution in [-0.4, -0.2) is 43.2 Å². The van der Waals surface area contributed by atoms with Crippen LogP contribution in [-0.2, 0) is 19.4 Å². The van der Waals surface area contributed by atoms with Gasteiger partial charge in [-0.05, 0) is 77.9 Å². The Labute approximate surface area is 195 Å². The van der Waals surface area contributed by atoms with Gasteiger partial charge < -0.3 is 0 Å². The maximum atomic E-state index is 4.50. The van der Waals surface area contributed by atoms with Crippen molar-refractivity contribution in [2.75, 3.05) is 13.1 Å². The van der Waals surface area contributed by atoms with E-state index in [1.54, 1.807) is 0 Å². The van der Waals surface area contributed by atoms with E-state index in [9.17, 15) is 0 Å². The zero-order valence-electron chi connectivity index (χ0n) is 18.9. The minimum atomic E-state index is 0.0159. The molecule has 0 bridgehead atoms. The number of pyridine rings is 1. The predicted molar refractivity (Wildman–Crippen MR) is 128 cm³/mol. The SMILES string of the molecule is c1ccc(CCn2nnnc2[C@H](c2cccnc2)N2CCC(Cc3ccccc3)CC2)cc1. The summed E-state index contributed by atoms with van der Waals surface area (Å²) in [7, 11) is 0. The molecule has 0 N–H and O–H groups in total. The molecule has 6 nitrogen and oxygen atoms in total. The van der Waals surface area contributed by atoms with Crippen LogP contribution in [0.15, 0.2) is 85.2 Å². The standard InChI is InChI=1S/C27H30N6/c1-3-8-22(9-4-1)15-19-33-27(29-30-31-33)26(25-12-7-16-28-21-25)32-17-13-24(14-18-32)20-23-10-5-2-6-11-23/h1-12,16,21,24,26H,13-15,17-20H2/t26-/m0/s1. The normalized spacial score (nSPS) is 16.0. The van der Waals surface area contributed by atoms with Crippen LogP contribution in [0.25, 0.3) is 0 Å². The number of hydrogen-bond acceptors (Lipinski definition) is 5. The van der Waals surface area contributed by atoms with Crippen LogP contribution in [0.3, 0.4) is 0 Å². The van der Waals surface area contributed by atoms with Crippen LogP contribution in [0.5, 0.6) is 0 Å². The molecule has 168 valence electrons. The third kappa shape index (κ3) is 5.34. The minimum Gasteiger partial charge on any atom is -0.290 e. The summed E-state index contributed by atoms with van der Waals surface area (Å²) in [5.74, 6) is 1.62. The van der Waals surface area contributed by atoms with Gasteiger partial charge >= 0.3 is 0 Å². The first-order valence-corrected chi connectivity index (χ1v) is 11.8. The predicted octanol–water partition coefficient (Wildman–Crippen LogP) is 4.35. The highest BCUT2D eigenvalue weighted by Gasteiger charge is 2.31. The van der Waals surface area contributed by atoms with E-state index in [0.717, 1.165) is 43.9 Å². The van der Waals surface area contributed by atoms with E-state index >= 15 is 0 Å². The molecule has 1 fully saturated rings. The second kappa shape index (κ2) is 10.5. The van der Waals surface area contributed by atoms with Gasteiger partial charge in [0, 0.05) is 18.9 Å². The second-order valence-electron chi connectivity index (χ2n) is 8.85. The first-order chi connectivity index (χ1) is 16.4. The molecule has 0 unspecified atom stereocenters. The smallest absolute Gasteiger partial charge is 0.173 e. The molecule has 2 aromatic carbocycles. The Bertz CT molecular complexity index is 1110. The Morgan fingerprint density at radius 3 is 2.27 bits per heavy atom. The van der Waals surface area contributed by atoms with Gasteiger partial charge in [0.25, 0.3) is 0 Å². The number of likely N-dealkylation sites (tertiary alicyclic amines) is 1. The van der Waals surface area contributed by atoms with Gasteiger partial charge in [-0.3, -0.25) is 9.88 Å². The molecule has 0 radical (unpaired) electrons. The van der Waals surface area contributed by atoms with Crippen molar-refractivity contribution < 1.29 is 0 Å². The quantitative estimate of drug-likeness (QED) is 0.409. The number of tetrazole rings is 1. The van der Waals surface area contributed by atoms with Crippen LogP contribution in [0.1, 0.15) is 41.4 Å². The highest BCUT2D eigenvalue weighted by molar-refractivity contribution is 5.22. The average molecular weight is 439 g/mol. The Balaban J connectivity index is 1.32. The first kappa shape index (κ1) is 21.5. The number of piperidine rings is 1. The lowest BCUT2D eigenvalue weighted by Crippen LogP contribution is -2.39. The molecule has 33 heavy (non-hydrogen) atoms. The fraction of sp³-hybridized carbons (Fsp3) is 0.333. The molecule has 6 heteroatoms. The van der Waals surface area contributed by atoms with Gasteiger partial charge in [0.2, 0.25) is 0 Å². The van der Waals surface area contributed by atoms with E-state index in [1.165, 1.54) is 24.0 Å². The number of rotatable bonds is 8. The summed E-state index contributed by atoms with van der Waals surface area (Å²) in [6.45, 7) is 2.82. The van der Waals surface area contributed by atoms with Crippen LogP contribution in [0.4, 0.5) is 0 Å². The van der Waals surface area contributed by atoms with Gasteiger partial charge in [-0.1, -0.05) is 66.7 Å². The average Bonchev–Trinajstić information content (AvgIpc) is 3.34. The van der Waals surface area contributed by atoms with Crippen molar-refractivity contribution >= 4 is 0 Å². The molecule has 1 aliphatic heterocycles. The summed E-state index contributed by atoms with van der Waals surface area (Å²) in [5.41, 5.74) is 3.87. The molecule has 5 rings (SSSR count). The van der Waals surface area contributed by atoms with Crippen molar-refractivity contribution in [1.82, 2.24) is 30.1 Å². The summed E-state index contributed by atoms with van der Waals surface area (Å²) in [6, 6.07) is 25.5. The fourth-order valence-corrected chi connectivity index (χ4v) is 4.87. The summed E-state index contributed by atoms with van der Waals surface area (Å²) in [4.78, 5) is 6.93. The molecule has 4 aromatic rings. The second-order valence-corrected chi connectivity index (χ2v) is 8.85. The van der Waals surface area contributed by atoms with Gasteiger partial charge in [-0.15, -0.1) is 5.10 Å². The maximum Gasteiger partial charge on any atom is 0.173 e. The Kier molecular flexibility index (Phi) is 6.82. The molecule has 3 heterocycles. The number of nitrogens with zero attached hydrogens (tertiary/aromatic N) is 6. The highest BCUT2D eigenvalue weighted by atomic mass is 15.5. The minimum absolute atomic E-state index is 0.0159. The Hall–Kier alpha value is -3.38. The molecular formula is C27H30N6. The van der Waals surface area contributed by atoms with Crippen LogP contribution < -0.4 is 0 Å². The monoisotopic (exact) mass is 438 g/mol. The van der Waals surface area contributed by atoms with Crippen LogP contribution in [0.2, 0.25) is 0 Å². The lowest BCUT2D eigenvalue weighted by molar-refractivity contribution is 0.143. The molecule has 1 aliphatic rings. The third-order valence-electron chi connectivity index (χ3n) is 6.64. The van der Waals surface area contributed by atoms with Crippen molar-refractivity contribution in [2.45, 2.75) is 38.3 Å². The lowest BCUT2D eigenvalue weighted by Gasteiger charge is -2.37. The molecular weight excluding hydrogens is 408 g/mol. The molecule has 2 aromatic heterocycles. The van der Waals surface area contributed by atoms with E-state index in [-0.39, 0.29) is 6.04 Å². The zero-order chi connectivity index (χ0) is 22.3. The summed E-state index contributed by atoms with van der Waals surface area (Å²) >= 11 is 0. The molecule has 1 saturated heterocycles. The summed E-state index contributed by atoms with van der Waals surface area (Å²) in [6.07, 6.45) is 8.19. The van der Waals surface area contributed by atoms with Crippen molar-refractivity contribution in [3.05, 3.63) is 108 Å². The van der Waals surface area contributed by atoms with Crippen LogP contribution in [0, 0.1) is 5.92 Å². The zero-order valence-corrected chi connectivity index (χ0v) is 18.9. The number of hydrogen-bond donors (Lipinski definition) is 0. The number of benzene rings is 2. The maximum absolute atomic E-state index is 4.50. The molecule has 0 amide bonds. The van der Waals surface area contributed by atoms with E-state index in [4.69, 9.17) is 0 Å². The van der Waals surface area contributed by atoms with Gasteiger partial charge in [0.05, 0.1) is 6.04 Å².